The van der Waals surface area contributed by atoms with E-state index in [0.29, 0.717) is 12.3 Å². The lowest BCUT2D eigenvalue weighted by atomic mass is 9.67. The van der Waals surface area contributed by atoms with E-state index >= 15 is 0 Å². The highest BCUT2D eigenvalue weighted by atomic mass is 15.0. The first-order valence-electron chi connectivity index (χ1n) is 21.3. The number of aromatic nitrogens is 1. The Hall–Kier alpha value is -8.01. The van der Waals surface area contributed by atoms with E-state index < -0.39 is 5.41 Å². The highest BCUT2D eigenvalue weighted by Gasteiger charge is 2.47. The predicted molar refractivity (Wildman–Crippen MR) is 258 cm³/mol. The maximum absolute atomic E-state index is 9.09. The Morgan fingerprint density at radius 3 is 1.87 bits per heavy atom. The Balaban J connectivity index is 1.03. The van der Waals surface area contributed by atoms with Gasteiger partial charge in [0.25, 0.3) is 0 Å². The van der Waals surface area contributed by atoms with Crippen LogP contribution < -0.4 is 5.32 Å². The quantitative estimate of drug-likeness (QED) is 0.133. The second kappa shape index (κ2) is 15.5. The normalized spacial score (nSPS) is 12.9. The van der Waals surface area contributed by atoms with Gasteiger partial charge in [-0.1, -0.05) is 200 Å². The molecule has 1 aliphatic rings. The van der Waals surface area contributed by atoms with Gasteiger partial charge >= 0.3 is 0 Å². The molecule has 62 heavy (non-hydrogen) atoms. The van der Waals surface area contributed by atoms with Gasteiger partial charge in [-0.15, -0.1) is 0 Å². The molecule has 0 bridgehead atoms. The number of allylic oxidation sites excluding steroid dienone is 1. The van der Waals surface area contributed by atoms with Gasteiger partial charge in [-0.05, 0) is 97.6 Å². The molecular weight excluding hydrogens is 751 g/mol. The zero-order valence-electron chi connectivity index (χ0n) is 34.2. The van der Waals surface area contributed by atoms with Crippen LogP contribution in [0.25, 0.3) is 55.4 Å². The molecule has 0 amide bonds. The van der Waals surface area contributed by atoms with Crippen LogP contribution in [0, 0.1) is 5.41 Å². The third-order valence-corrected chi connectivity index (χ3v) is 12.6. The Morgan fingerprint density at radius 2 is 1.11 bits per heavy atom. The molecule has 0 aliphatic heterocycles. The molecule has 0 fully saturated rings. The number of benzene rings is 9. The molecule has 3 nitrogen and oxygen atoms in total. The summed E-state index contributed by atoms with van der Waals surface area (Å²) in [5, 5.41) is 15.4. The van der Waals surface area contributed by atoms with Gasteiger partial charge in [-0.3, -0.25) is 0 Å². The Morgan fingerprint density at radius 1 is 0.500 bits per heavy atom. The van der Waals surface area contributed by atoms with E-state index in [-0.39, 0.29) is 0 Å². The van der Waals surface area contributed by atoms with Gasteiger partial charge in [-0.2, -0.15) is 0 Å². The summed E-state index contributed by atoms with van der Waals surface area (Å²) < 4.78 is 2.44. The van der Waals surface area contributed by atoms with Crippen LogP contribution in [0.1, 0.15) is 38.9 Å². The molecule has 0 saturated heterocycles. The summed E-state index contributed by atoms with van der Waals surface area (Å²) in [6.07, 6.45) is 1.96. The predicted octanol–water partition coefficient (Wildman–Crippen LogP) is 14.0. The van der Waals surface area contributed by atoms with Gasteiger partial charge < -0.3 is 15.3 Å². The zero-order valence-corrected chi connectivity index (χ0v) is 34.2. The third kappa shape index (κ3) is 6.17. The van der Waals surface area contributed by atoms with Crippen molar-refractivity contribution >= 4 is 33.2 Å². The minimum atomic E-state index is -0.472. The smallest absolute Gasteiger partial charge is 0.0713 e. The molecule has 294 valence electrons. The molecule has 1 aromatic heterocycles. The highest BCUT2D eigenvalue weighted by molar-refractivity contribution is 6.18. The SMILES string of the molecule is N=C(/C=C(\NCc1cccc(-n2c3ccccc3c3c4c(ccc32)C(c2ccccc2)(c2ccccc2)c2ccccc2-4)c1)c1cccc(-c2ccccc2)c1)c1ccccc1. The van der Waals surface area contributed by atoms with Gasteiger partial charge in [0.1, 0.15) is 0 Å². The van der Waals surface area contributed by atoms with E-state index in [2.05, 4.69) is 204 Å². The summed E-state index contributed by atoms with van der Waals surface area (Å²) >= 11 is 0. The number of para-hydroxylation sites is 1. The molecule has 2 N–H and O–H groups in total. The van der Waals surface area contributed by atoms with Crippen LogP contribution >= 0.6 is 0 Å². The van der Waals surface area contributed by atoms with E-state index in [4.69, 9.17) is 5.41 Å². The first-order chi connectivity index (χ1) is 30.7. The summed E-state index contributed by atoms with van der Waals surface area (Å²) in [6, 6.07) is 82.5. The fourth-order valence-electron chi connectivity index (χ4n) is 9.85. The molecule has 0 radical (unpaired) electrons. The van der Waals surface area contributed by atoms with Crippen molar-refractivity contribution < 1.29 is 0 Å². The second-order valence-corrected chi connectivity index (χ2v) is 16.1. The van der Waals surface area contributed by atoms with Crippen molar-refractivity contribution in [3.63, 3.8) is 0 Å². The monoisotopic (exact) mass is 793 g/mol. The molecule has 1 aliphatic carbocycles. The third-order valence-electron chi connectivity index (χ3n) is 12.6. The van der Waals surface area contributed by atoms with E-state index in [9.17, 15) is 0 Å². The van der Waals surface area contributed by atoms with Crippen LogP contribution in [-0.4, -0.2) is 10.3 Å². The van der Waals surface area contributed by atoms with Crippen LogP contribution in [0.15, 0.2) is 237 Å². The van der Waals surface area contributed by atoms with Crippen LogP contribution in [0.2, 0.25) is 0 Å². The van der Waals surface area contributed by atoms with Crippen molar-refractivity contribution in [2.24, 2.45) is 0 Å². The zero-order chi connectivity index (χ0) is 41.5. The van der Waals surface area contributed by atoms with Crippen molar-refractivity contribution in [1.29, 1.82) is 5.41 Å². The molecule has 11 rings (SSSR count). The van der Waals surface area contributed by atoms with Gasteiger partial charge in [0.05, 0.1) is 22.2 Å². The molecule has 10 aromatic rings. The van der Waals surface area contributed by atoms with Crippen molar-refractivity contribution in [3.05, 3.63) is 276 Å². The molecule has 0 saturated carbocycles. The number of rotatable bonds is 10. The molecule has 3 heteroatoms. The molecule has 1 heterocycles. The topological polar surface area (TPSA) is 40.8 Å². The fourth-order valence-corrected chi connectivity index (χ4v) is 9.85. The summed E-state index contributed by atoms with van der Waals surface area (Å²) in [6.45, 7) is 0.577. The molecule has 0 spiro atoms. The van der Waals surface area contributed by atoms with Crippen molar-refractivity contribution in [2.75, 3.05) is 0 Å². The lowest BCUT2D eigenvalue weighted by Gasteiger charge is -2.33. The van der Waals surface area contributed by atoms with Gasteiger partial charge in [-0.25, -0.2) is 0 Å². The van der Waals surface area contributed by atoms with Crippen LogP contribution in [0.5, 0.6) is 0 Å². The summed E-state index contributed by atoms with van der Waals surface area (Å²) in [5.74, 6) is 0. The van der Waals surface area contributed by atoms with Crippen LogP contribution in [-0.2, 0) is 12.0 Å². The van der Waals surface area contributed by atoms with Gasteiger partial charge in [0.15, 0.2) is 0 Å². The van der Waals surface area contributed by atoms with Crippen molar-refractivity contribution in [2.45, 2.75) is 12.0 Å². The van der Waals surface area contributed by atoms with E-state index in [1.165, 1.54) is 55.2 Å². The minimum Gasteiger partial charge on any atom is -0.380 e. The Labute approximate surface area is 362 Å². The summed E-state index contributed by atoms with van der Waals surface area (Å²) in [5.41, 5.74) is 17.4. The number of hydrogen-bond acceptors (Lipinski definition) is 2. The Bertz CT molecular complexity index is 3250. The second-order valence-electron chi connectivity index (χ2n) is 16.1. The molecule has 0 unspecified atom stereocenters. The molecular formula is C59H43N3. The number of hydrogen-bond donors (Lipinski definition) is 2. The lowest BCUT2D eigenvalue weighted by molar-refractivity contribution is 0.769. The fraction of sp³-hybridized carbons (Fsp3) is 0.0339. The van der Waals surface area contributed by atoms with Gasteiger partial charge in [0, 0.05) is 28.7 Å². The molecule has 0 atom stereocenters. The average Bonchev–Trinajstić information content (AvgIpc) is 3.85. The summed E-state index contributed by atoms with van der Waals surface area (Å²) in [7, 11) is 0. The number of nitrogens with one attached hydrogen (secondary N) is 2. The largest absolute Gasteiger partial charge is 0.380 e. The standard InChI is InChI=1S/C59H43N3/c60-53(43-22-7-2-8-23-43)39-54(45-25-18-24-44(38-45)42-20-5-1-6-21-42)61-40-41-19-17-30-48(37-41)62-55-34-16-14-32-50(55)58-56(62)36-35-52-57(58)49-31-13-15-33-51(49)59(52,46-26-9-3-10-27-46)47-28-11-4-12-29-47/h1-39,60-61H,40H2/b54-39-,60-53?. The summed E-state index contributed by atoms with van der Waals surface area (Å²) in [4.78, 5) is 0. The minimum absolute atomic E-state index is 0.454. The van der Waals surface area contributed by atoms with E-state index in [0.717, 1.165) is 39.2 Å². The number of nitrogens with zero attached hydrogens (tertiary/aromatic N) is 1. The van der Waals surface area contributed by atoms with E-state index in [1.807, 2.05) is 42.5 Å². The maximum atomic E-state index is 9.09. The van der Waals surface area contributed by atoms with Crippen LogP contribution in [0.4, 0.5) is 0 Å². The maximum Gasteiger partial charge on any atom is 0.0713 e. The Kier molecular flexibility index (Phi) is 9.28. The van der Waals surface area contributed by atoms with Crippen molar-refractivity contribution in [3.8, 4) is 27.9 Å². The van der Waals surface area contributed by atoms with Gasteiger partial charge in [0.2, 0.25) is 0 Å². The average molecular weight is 794 g/mol. The lowest BCUT2D eigenvalue weighted by Crippen LogP contribution is -2.28. The molecule has 9 aromatic carbocycles. The first kappa shape index (κ1) is 37.0. The van der Waals surface area contributed by atoms with Crippen LogP contribution in [0.3, 0.4) is 0 Å². The highest BCUT2D eigenvalue weighted by Crippen LogP contribution is 2.58. The first-order valence-corrected chi connectivity index (χ1v) is 21.3. The van der Waals surface area contributed by atoms with Crippen molar-refractivity contribution in [1.82, 2.24) is 9.88 Å². The number of fused-ring (bicyclic) bond motifs is 7. The van der Waals surface area contributed by atoms with E-state index in [1.54, 1.807) is 0 Å².